The van der Waals surface area contributed by atoms with Crippen LogP contribution in [-0.2, 0) is 9.59 Å². The van der Waals surface area contributed by atoms with Crippen LogP contribution in [0.2, 0.25) is 0 Å². The van der Waals surface area contributed by atoms with Gasteiger partial charge in [-0.3, -0.25) is 9.59 Å². The maximum atomic E-state index is 11.8. The molecule has 0 aliphatic heterocycles. The molecule has 0 bridgehead atoms. The fourth-order valence-corrected chi connectivity index (χ4v) is 3.81. The molecule has 34 heavy (non-hydrogen) atoms. The molecule has 0 aromatic heterocycles. The number of carbonyl (C=O) groups is 2. The van der Waals surface area contributed by atoms with Gasteiger partial charge in [-0.2, -0.15) is 0 Å². The van der Waals surface area contributed by atoms with Gasteiger partial charge in [0.05, 0.1) is 0 Å². The third-order valence-electron chi connectivity index (χ3n) is 5.92. The van der Waals surface area contributed by atoms with Crippen molar-refractivity contribution in [1.82, 2.24) is 20.4 Å². The van der Waals surface area contributed by atoms with Gasteiger partial charge in [0.2, 0.25) is 11.8 Å². The first-order valence-electron chi connectivity index (χ1n) is 13.9. The number of allylic oxidation sites excluding steroid dienone is 2. The van der Waals surface area contributed by atoms with Crippen molar-refractivity contribution >= 4 is 11.8 Å². The van der Waals surface area contributed by atoms with E-state index in [9.17, 15) is 9.59 Å². The van der Waals surface area contributed by atoms with Crippen molar-refractivity contribution in [3.8, 4) is 0 Å². The van der Waals surface area contributed by atoms with Crippen LogP contribution in [0, 0.1) is 0 Å². The van der Waals surface area contributed by atoms with Crippen LogP contribution in [-0.4, -0.2) is 76.0 Å². The van der Waals surface area contributed by atoms with E-state index in [-0.39, 0.29) is 11.8 Å². The topological polar surface area (TPSA) is 64.7 Å². The molecule has 0 saturated heterocycles. The van der Waals surface area contributed by atoms with Gasteiger partial charge in [-0.25, -0.2) is 0 Å². The van der Waals surface area contributed by atoms with Gasteiger partial charge in [-0.05, 0) is 92.6 Å². The van der Waals surface area contributed by atoms with Crippen LogP contribution in [0.5, 0.6) is 0 Å². The third-order valence-corrected chi connectivity index (χ3v) is 5.92. The normalized spacial score (nSPS) is 11.6. The molecule has 0 aromatic rings. The van der Waals surface area contributed by atoms with Crippen molar-refractivity contribution in [3.05, 3.63) is 12.2 Å². The molecule has 200 valence electrons. The van der Waals surface area contributed by atoms with Crippen LogP contribution in [0.1, 0.15) is 103 Å². The van der Waals surface area contributed by atoms with E-state index >= 15 is 0 Å². The van der Waals surface area contributed by atoms with Crippen LogP contribution in [0.4, 0.5) is 0 Å². The van der Waals surface area contributed by atoms with E-state index in [0.717, 1.165) is 64.7 Å². The average Bonchev–Trinajstić information content (AvgIpc) is 2.79. The van der Waals surface area contributed by atoms with E-state index < -0.39 is 0 Å². The Morgan fingerprint density at radius 3 is 1.26 bits per heavy atom. The molecule has 6 nitrogen and oxygen atoms in total. The second-order valence-electron chi connectivity index (χ2n) is 10.1. The molecule has 6 heteroatoms. The number of amides is 2. The number of hydrogen-bond acceptors (Lipinski definition) is 4. The summed E-state index contributed by atoms with van der Waals surface area (Å²) in [6.07, 6.45) is 22.2. The minimum Gasteiger partial charge on any atom is -0.356 e. The predicted molar refractivity (Wildman–Crippen MR) is 146 cm³/mol. The lowest BCUT2D eigenvalue weighted by Gasteiger charge is -2.09. The predicted octanol–water partition coefficient (Wildman–Crippen LogP) is 5.14. The largest absolute Gasteiger partial charge is 0.356 e. The first kappa shape index (κ1) is 32.6. The first-order chi connectivity index (χ1) is 16.4. The summed E-state index contributed by atoms with van der Waals surface area (Å²) in [4.78, 5) is 27.8. The Kier molecular flexibility index (Phi) is 23.7. The molecule has 0 atom stereocenters. The summed E-state index contributed by atoms with van der Waals surface area (Å²) in [6, 6.07) is 0. The van der Waals surface area contributed by atoms with Gasteiger partial charge in [0.25, 0.3) is 0 Å². The molecule has 0 saturated carbocycles. The maximum absolute atomic E-state index is 11.8. The molecular weight excluding hydrogens is 424 g/mol. The lowest BCUT2D eigenvalue weighted by atomic mass is 10.1. The van der Waals surface area contributed by atoms with Crippen molar-refractivity contribution in [2.24, 2.45) is 0 Å². The zero-order valence-corrected chi connectivity index (χ0v) is 23.0. The van der Waals surface area contributed by atoms with E-state index in [4.69, 9.17) is 0 Å². The van der Waals surface area contributed by atoms with Crippen LogP contribution in [0.15, 0.2) is 12.2 Å². The van der Waals surface area contributed by atoms with Crippen molar-refractivity contribution < 1.29 is 9.59 Å². The molecule has 0 unspecified atom stereocenters. The second-order valence-corrected chi connectivity index (χ2v) is 10.1. The first-order valence-corrected chi connectivity index (χ1v) is 13.9. The van der Waals surface area contributed by atoms with Crippen molar-refractivity contribution in [1.29, 1.82) is 0 Å². The number of nitrogens with one attached hydrogen (secondary N) is 2. The van der Waals surface area contributed by atoms with Gasteiger partial charge in [0.15, 0.2) is 0 Å². The number of carbonyl (C=O) groups excluding carboxylic acids is 2. The fraction of sp³-hybridized carbons (Fsp3) is 0.857. The molecule has 0 rings (SSSR count). The van der Waals surface area contributed by atoms with Crippen LogP contribution < -0.4 is 10.6 Å². The molecule has 0 radical (unpaired) electrons. The molecule has 0 fully saturated rings. The summed E-state index contributed by atoms with van der Waals surface area (Å²) in [5, 5.41) is 6.02. The van der Waals surface area contributed by atoms with Gasteiger partial charge in [-0.15, -0.1) is 0 Å². The van der Waals surface area contributed by atoms with Crippen molar-refractivity contribution in [2.45, 2.75) is 103 Å². The smallest absolute Gasteiger partial charge is 0.219 e. The molecule has 2 N–H and O–H groups in total. The van der Waals surface area contributed by atoms with E-state index in [1.165, 1.54) is 51.4 Å². The number of nitrogens with zero attached hydrogens (tertiary/aromatic N) is 2. The van der Waals surface area contributed by atoms with E-state index in [2.05, 4.69) is 60.8 Å². The molecule has 0 aliphatic rings. The summed E-state index contributed by atoms with van der Waals surface area (Å²) in [5.74, 6) is 0.414. The van der Waals surface area contributed by atoms with Crippen molar-refractivity contribution in [2.75, 3.05) is 54.4 Å². The Morgan fingerprint density at radius 2 is 0.882 bits per heavy atom. The van der Waals surface area contributed by atoms with Crippen LogP contribution in [0.25, 0.3) is 0 Å². The number of rotatable bonds is 24. The van der Waals surface area contributed by atoms with Crippen LogP contribution in [0.3, 0.4) is 0 Å². The minimum atomic E-state index is 0.207. The van der Waals surface area contributed by atoms with Crippen LogP contribution >= 0.6 is 0 Å². The van der Waals surface area contributed by atoms with Gasteiger partial charge in [0.1, 0.15) is 0 Å². The Morgan fingerprint density at radius 1 is 0.529 bits per heavy atom. The summed E-state index contributed by atoms with van der Waals surface area (Å²) >= 11 is 0. The maximum Gasteiger partial charge on any atom is 0.219 e. The quantitative estimate of drug-likeness (QED) is 0.148. The van der Waals surface area contributed by atoms with Crippen molar-refractivity contribution in [3.63, 3.8) is 0 Å². The SMILES string of the molecule is CN(C)CCCNC(=O)CCCCCCC/C=C/CCCCCCCC(=O)NCCCN(C)C. The zero-order chi connectivity index (χ0) is 25.3. The highest BCUT2D eigenvalue weighted by Gasteiger charge is 2.01. The number of unbranched alkanes of at least 4 members (excludes halogenated alkanes) is 10. The highest BCUT2D eigenvalue weighted by molar-refractivity contribution is 5.76. The third kappa shape index (κ3) is 26.8. The fourth-order valence-electron chi connectivity index (χ4n) is 3.81. The van der Waals surface area contributed by atoms with E-state index in [0.29, 0.717) is 12.8 Å². The average molecular weight is 481 g/mol. The Hall–Kier alpha value is -1.40. The summed E-state index contributed by atoms with van der Waals surface area (Å²) in [7, 11) is 8.23. The Labute approximate surface area is 211 Å². The summed E-state index contributed by atoms with van der Waals surface area (Å²) in [5.41, 5.74) is 0. The Balaban J connectivity index is 3.28. The summed E-state index contributed by atoms with van der Waals surface area (Å²) in [6.45, 7) is 3.63. The standard InChI is InChI=1S/C28H56N4O2/c1-31(2)25-19-23-29-27(33)21-17-15-13-11-9-7-5-6-8-10-12-14-16-18-22-28(34)30-24-20-26-32(3)4/h5-6H,7-26H2,1-4H3,(H,29,33)(H,30,34)/b6-5+. The van der Waals surface area contributed by atoms with E-state index in [1.54, 1.807) is 0 Å². The van der Waals surface area contributed by atoms with Gasteiger partial charge < -0.3 is 20.4 Å². The highest BCUT2D eigenvalue weighted by atomic mass is 16.2. The molecule has 0 aliphatic carbocycles. The van der Waals surface area contributed by atoms with Gasteiger partial charge >= 0.3 is 0 Å². The molecule has 0 aromatic carbocycles. The van der Waals surface area contributed by atoms with Gasteiger partial charge in [0, 0.05) is 25.9 Å². The van der Waals surface area contributed by atoms with Gasteiger partial charge in [-0.1, -0.05) is 50.7 Å². The highest BCUT2D eigenvalue weighted by Crippen LogP contribution is 2.10. The lowest BCUT2D eigenvalue weighted by Crippen LogP contribution is -2.26. The minimum absolute atomic E-state index is 0.207. The molecular formula is C28H56N4O2. The zero-order valence-electron chi connectivity index (χ0n) is 23.0. The lowest BCUT2D eigenvalue weighted by molar-refractivity contribution is -0.122. The molecule has 0 heterocycles. The molecule has 0 spiro atoms. The second kappa shape index (κ2) is 24.7. The summed E-state index contributed by atoms with van der Waals surface area (Å²) < 4.78 is 0. The Bertz CT molecular complexity index is 463. The molecule has 2 amide bonds. The van der Waals surface area contributed by atoms with E-state index in [1.807, 2.05) is 0 Å². The number of hydrogen-bond donors (Lipinski definition) is 2. The monoisotopic (exact) mass is 480 g/mol.